The van der Waals surface area contributed by atoms with Crippen molar-refractivity contribution in [3.8, 4) is 18.4 Å². The van der Waals surface area contributed by atoms with Crippen LogP contribution >= 0.6 is 11.6 Å². The van der Waals surface area contributed by atoms with E-state index >= 15 is 0 Å². The number of benzene rings is 1. The minimum Gasteiger partial charge on any atom is -0.329 e. The largest absolute Gasteiger partial charge is 0.329 e. The molecule has 92 valence electrons. The number of nitriles is 1. The SMILES string of the molecule is C#CC(C)OC(C#N)NC(=O)c1ccc(Cl)cc1. The Morgan fingerprint density at radius 3 is 2.61 bits per heavy atom. The molecule has 0 fully saturated rings. The van der Waals surface area contributed by atoms with Crippen LogP contribution in [-0.4, -0.2) is 18.2 Å². The summed E-state index contributed by atoms with van der Waals surface area (Å²) in [5, 5.41) is 11.8. The Morgan fingerprint density at radius 1 is 1.50 bits per heavy atom. The van der Waals surface area contributed by atoms with Gasteiger partial charge >= 0.3 is 0 Å². The van der Waals surface area contributed by atoms with E-state index < -0.39 is 18.2 Å². The zero-order valence-corrected chi connectivity index (χ0v) is 10.4. The maximum absolute atomic E-state index is 11.8. The molecule has 0 aliphatic carbocycles. The molecule has 1 rings (SSSR count). The number of carbonyl (C=O) groups is 1. The Labute approximate surface area is 111 Å². The summed E-state index contributed by atoms with van der Waals surface area (Å²) >= 11 is 5.71. The van der Waals surface area contributed by atoms with Gasteiger partial charge in [0.15, 0.2) is 0 Å². The Kier molecular flexibility index (Phi) is 5.20. The molecule has 18 heavy (non-hydrogen) atoms. The summed E-state index contributed by atoms with van der Waals surface area (Å²) in [6.07, 6.45) is 3.48. The molecule has 0 saturated carbocycles. The van der Waals surface area contributed by atoms with Gasteiger partial charge in [-0.2, -0.15) is 5.26 Å². The van der Waals surface area contributed by atoms with Crippen molar-refractivity contribution in [1.82, 2.24) is 5.32 Å². The monoisotopic (exact) mass is 262 g/mol. The standard InChI is InChI=1S/C13H11ClN2O2/c1-3-9(2)18-12(8-15)16-13(17)10-4-6-11(14)7-5-10/h1,4-7,9,12H,2H3,(H,16,17). The van der Waals surface area contributed by atoms with Crippen molar-refractivity contribution in [1.29, 1.82) is 5.26 Å². The number of amides is 1. The molecule has 1 aromatic carbocycles. The van der Waals surface area contributed by atoms with Gasteiger partial charge in [0.25, 0.3) is 5.91 Å². The van der Waals surface area contributed by atoms with Crippen LogP contribution in [0.5, 0.6) is 0 Å². The Morgan fingerprint density at radius 2 is 2.11 bits per heavy atom. The molecule has 0 saturated heterocycles. The predicted molar refractivity (Wildman–Crippen MR) is 67.7 cm³/mol. The van der Waals surface area contributed by atoms with E-state index in [1.54, 1.807) is 37.3 Å². The normalized spacial score (nSPS) is 12.9. The van der Waals surface area contributed by atoms with Crippen molar-refractivity contribution in [3.63, 3.8) is 0 Å². The quantitative estimate of drug-likeness (QED) is 0.666. The van der Waals surface area contributed by atoms with Crippen molar-refractivity contribution in [3.05, 3.63) is 34.9 Å². The van der Waals surface area contributed by atoms with Crippen molar-refractivity contribution in [2.75, 3.05) is 0 Å². The van der Waals surface area contributed by atoms with Gasteiger partial charge in [0.2, 0.25) is 6.23 Å². The van der Waals surface area contributed by atoms with Gasteiger partial charge in [0, 0.05) is 10.6 Å². The number of halogens is 1. The van der Waals surface area contributed by atoms with Gasteiger partial charge in [-0.3, -0.25) is 4.79 Å². The third-order valence-corrected chi connectivity index (χ3v) is 2.31. The number of carbonyl (C=O) groups excluding carboxylic acids is 1. The summed E-state index contributed by atoms with van der Waals surface area (Å²) in [5.74, 6) is 1.88. The van der Waals surface area contributed by atoms with Crippen LogP contribution in [-0.2, 0) is 4.74 Å². The second-order valence-electron chi connectivity index (χ2n) is 3.43. The lowest BCUT2D eigenvalue weighted by atomic mass is 10.2. The topological polar surface area (TPSA) is 62.1 Å². The van der Waals surface area contributed by atoms with Gasteiger partial charge in [-0.15, -0.1) is 6.42 Å². The lowest BCUT2D eigenvalue weighted by Crippen LogP contribution is -2.37. The summed E-state index contributed by atoms with van der Waals surface area (Å²) in [7, 11) is 0. The van der Waals surface area contributed by atoms with Gasteiger partial charge in [-0.05, 0) is 31.2 Å². The van der Waals surface area contributed by atoms with Crippen LogP contribution in [0, 0.1) is 23.7 Å². The van der Waals surface area contributed by atoms with E-state index in [1.807, 2.05) is 0 Å². The zero-order valence-electron chi connectivity index (χ0n) is 9.68. The fourth-order valence-electron chi connectivity index (χ4n) is 1.14. The first-order chi connectivity index (χ1) is 8.56. The molecule has 0 bridgehead atoms. The van der Waals surface area contributed by atoms with Gasteiger partial charge in [0.1, 0.15) is 12.2 Å². The smallest absolute Gasteiger partial charge is 0.254 e. The van der Waals surface area contributed by atoms with Crippen LogP contribution in [0.4, 0.5) is 0 Å². The first-order valence-corrected chi connectivity index (χ1v) is 5.52. The molecular weight excluding hydrogens is 252 g/mol. The van der Waals surface area contributed by atoms with Crippen molar-refractivity contribution in [2.45, 2.75) is 19.3 Å². The van der Waals surface area contributed by atoms with Gasteiger partial charge < -0.3 is 10.1 Å². The van der Waals surface area contributed by atoms with E-state index in [0.29, 0.717) is 10.6 Å². The number of terminal acetylenes is 1. The van der Waals surface area contributed by atoms with Crippen molar-refractivity contribution < 1.29 is 9.53 Å². The highest BCUT2D eigenvalue weighted by atomic mass is 35.5. The van der Waals surface area contributed by atoms with Crippen LogP contribution in [0.3, 0.4) is 0 Å². The highest BCUT2D eigenvalue weighted by Gasteiger charge is 2.15. The van der Waals surface area contributed by atoms with Gasteiger partial charge in [-0.1, -0.05) is 17.5 Å². The van der Waals surface area contributed by atoms with E-state index in [1.165, 1.54) is 0 Å². The zero-order chi connectivity index (χ0) is 13.5. The van der Waals surface area contributed by atoms with Gasteiger partial charge in [0.05, 0.1) is 0 Å². The summed E-state index contributed by atoms with van der Waals surface area (Å²) < 4.78 is 5.11. The molecular formula is C13H11ClN2O2. The Bertz CT molecular complexity index is 499. The molecule has 1 N–H and O–H groups in total. The minimum absolute atomic E-state index is 0.386. The molecule has 1 amide bonds. The summed E-state index contributed by atoms with van der Waals surface area (Å²) in [6, 6.07) is 8.08. The fraction of sp³-hybridized carbons (Fsp3) is 0.231. The van der Waals surface area contributed by atoms with Crippen LogP contribution in [0.25, 0.3) is 0 Å². The molecule has 0 spiro atoms. The molecule has 2 atom stereocenters. The number of rotatable bonds is 4. The highest BCUT2D eigenvalue weighted by Crippen LogP contribution is 2.09. The molecule has 0 heterocycles. The molecule has 2 unspecified atom stereocenters. The van der Waals surface area contributed by atoms with E-state index in [2.05, 4.69) is 11.2 Å². The maximum atomic E-state index is 11.8. The fourth-order valence-corrected chi connectivity index (χ4v) is 1.27. The maximum Gasteiger partial charge on any atom is 0.254 e. The minimum atomic E-state index is -1.08. The third kappa shape index (κ3) is 4.10. The van der Waals surface area contributed by atoms with Crippen LogP contribution in [0.2, 0.25) is 5.02 Å². The van der Waals surface area contributed by atoms with Crippen molar-refractivity contribution in [2.24, 2.45) is 0 Å². The predicted octanol–water partition coefficient (Wildman–Crippen LogP) is 1.96. The van der Waals surface area contributed by atoms with Crippen LogP contribution in [0.15, 0.2) is 24.3 Å². The van der Waals surface area contributed by atoms with E-state index in [-0.39, 0.29) is 0 Å². The molecule has 4 nitrogen and oxygen atoms in total. The lowest BCUT2D eigenvalue weighted by molar-refractivity contribution is 0.0377. The summed E-state index contributed by atoms with van der Waals surface area (Å²) in [5.41, 5.74) is 0.386. The molecule has 0 aromatic heterocycles. The first kappa shape index (κ1) is 14.1. The Hall–Kier alpha value is -2.01. The van der Waals surface area contributed by atoms with E-state index in [0.717, 1.165) is 0 Å². The molecule has 0 aliphatic heterocycles. The van der Waals surface area contributed by atoms with E-state index in [4.69, 9.17) is 28.0 Å². The summed E-state index contributed by atoms with van der Waals surface area (Å²) in [6.45, 7) is 1.61. The number of hydrogen-bond donors (Lipinski definition) is 1. The number of hydrogen-bond acceptors (Lipinski definition) is 3. The second-order valence-corrected chi connectivity index (χ2v) is 3.87. The molecule has 1 aromatic rings. The average molecular weight is 263 g/mol. The Balaban J connectivity index is 2.66. The molecule has 0 aliphatic rings. The van der Waals surface area contributed by atoms with Crippen molar-refractivity contribution >= 4 is 17.5 Å². The molecule has 5 heteroatoms. The highest BCUT2D eigenvalue weighted by molar-refractivity contribution is 6.30. The third-order valence-electron chi connectivity index (χ3n) is 2.06. The lowest BCUT2D eigenvalue weighted by Gasteiger charge is -2.14. The van der Waals surface area contributed by atoms with Crippen LogP contribution < -0.4 is 5.32 Å². The average Bonchev–Trinajstić information content (AvgIpc) is 2.38. The summed E-state index contributed by atoms with van der Waals surface area (Å²) in [4.78, 5) is 11.8. The second kappa shape index (κ2) is 6.66. The van der Waals surface area contributed by atoms with Crippen LogP contribution in [0.1, 0.15) is 17.3 Å². The number of nitrogens with zero attached hydrogens (tertiary/aromatic N) is 1. The number of nitrogens with one attached hydrogen (secondary N) is 1. The van der Waals surface area contributed by atoms with E-state index in [9.17, 15) is 4.79 Å². The number of ether oxygens (including phenoxy) is 1. The first-order valence-electron chi connectivity index (χ1n) is 5.14. The molecule has 0 radical (unpaired) electrons. The van der Waals surface area contributed by atoms with Gasteiger partial charge in [-0.25, -0.2) is 0 Å².